The molecular formula is C21H25F3N2O3S. The van der Waals surface area contributed by atoms with E-state index in [4.69, 9.17) is 0 Å². The van der Waals surface area contributed by atoms with E-state index in [0.29, 0.717) is 17.2 Å². The van der Waals surface area contributed by atoms with E-state index in [-0.39, 0.29) is 16.0 Å². The van der Waals surface area contributed by atoms with Gasteiger partial charge in [-0.1, -0.05) is 32.9 Å². The van der Waals surface area contributed by atoms with Crippen LogP contribution in [0.25, 0.3) is 0 Å². The van der Waals surface area contributed by atoms with Gasteiger partial charge in [0.15, 0.2) is 0 Å². The van der Waals surface area contributed by atoms with Crippen molar-refractivity contribution in [3.05, 3.63) is 52.6 Å². The molecule has 9 heteroatoms. The second kappa shape index (κ2) is 7.94. The van der Waals surface area contributed by atoms with E-state index < -0.39 is 33.4 Å². The van der Waals surface area contributed by atoms with Crippen LogP contribution in [0.4, 0.5) is 24.5 Å². The predicted molar refractivity (Wildman–Crippen MR) is 111 cm³/mol. The first-order valence-corrected chi connectivity index (χ1v) is 10.6. The molecule has 0 fully saturated rings. The molecule has 0 aliphatic rings. The Hall–Kier alpha value is -2.55. The van der Waals surface area contributed by atoms with Crippen LogP contribution in [0.15, 0.2) is 35.2 Å². The van der Waals surface area contributed by atoms with Crippen LogP contribution in [-0.4, -0.2) is 14.3 Å². The number of aryl methyl sites for hydroxylation is 2. The minimum absolute atomic E-state index is 0.0606. The molecule has 0 bridgehead atoms. The maximum absolute atomic E-state index is 13.5. The summed E-state index contributed by atoms with van der Waals surface area (Å²) in [6.45, 7) is 10.3. The van der Waals surface area contributed by atoms with Crippen molar-refractivity contribution in [2.75, 3.05) is 10.0 Å². The third-order valence-electron chi connectivity index (χ3n) is 4.48. The molecule has 0 atom stereocenters. The smallest absolute Gasteiger partial charge is 0.326 e. The molecule has 164 valence electrons. The average molecular weight is 443 g/mol. The summed E-state index contributed by atoms with van der Waals surface area (Å²) in [5, 5.41) is 2.26. The van der Waals surface area contributed by atoms with Crippen molar-refractivity contribution in [1.29, 1.82) is 0 Å². The van der Waals surface area contributed by atoms with Gasteiger partial charge in [-0.2, -0.15) is 13.2 Å². The van der Waals surface area contributed by atoms with Gasteiger partial charge in [0, 0.05) is 12.6 Å². The quantitative estimate of drug-likeness (QED) is 0.668. The number of carbonyl (C=O) groups is 1. The molecule has 2 aromatic carbocycles. The largest absolute Gasteiger partial charge is 0.418 e. The van der Waals surface area contributed by atoms with Crippen molar-refractivity contribution < 1.29 is 26.4 Å². The van der Waals surface area contributed by atoms with Crippen LogP contribution in [0.1, 0.15) is 49.9 Å². The van der Waals surface area contributed by atoms with Crippen molar-refractivity contribution in [3.63, 3.8) is 0 Å². The van der Waals surface area contributed by atoms with E-state index in [1.165, 1.54) is 6.07 Å². The first-order valence-electron chi connectivity index (χ1n) is 9.16. The number of anilines is 2. The van der Waals surface area contributed by atoms with Crippen molar-refractivity contribution in [2.24, 2.45) is 0 Å². The summed E-state index contributed by atoms with van der Waals surface area (Å²) in [6.07, 6.45) is -4.83. The number of hydrogen-bond acceptors (Lipinski definition) is 3. The first-order chi connectivity index (χ1) is 13.5. The Labute approximate surface area is 174 Å². The maximum Gasteiger partial charge on any atom is 0.418 e. The lowest BCUT2D eigenvalue weighted by molar-refractivity contribution is -0.136. The van der Waals surface area contributed by atoms with E-state index in [9.17, 15) is 26.4 Å². The molecule has 0 aliphatic carbocycles. The van der Waals surface area contributed by atoms with Crippen LogP contribution < -0.4 is 10.0 Å². The van der Waals surface area contributed by atoms with Crippen LogP contribution in [0.3, 0.4) is 0 Å². The monoisotopic (exact) mass is 442 g/mol. The number of halogens is 3. The molecule has 0 unspecified atom stereocenters. The lowest BCUT2D eigenvalue weighted by atomic mass is 9.85. The molecule has 5 nitrogen and oxygen atoms in total. The number of sulfonamides is 1. The van der Waals surface area contributed by atoms with Gasteiger partial charge in [-0.15, -0.1) is 0 Å². The number of alkyl halides is 3. The van der Waals surface area contributed by atoms with Crippen molar-refractivity contribution in [2.45, 2.75) is 58.0 Å². The third kappa shape index (κ3) is 5.33. The molecule has 0 saturated heterocycles. The Bertz CT molecular complexity index is 1060. The summed E-state index contributed by atoms with van der Waals surface area (Å²) in [5.41, 5.74) is -0.304. The Kier molecular flexibility index (Phi) is 6.28. The second-order valence-corrected chi connectivity index (χ2v) is 9.85. The van der Waals surface area contributed by atoms with Crippen molar-refractivity contribution in [3.8, 4) is 0 Å². The van der Waals surface area contributed by atoms with Gasteiger partial charge in [-0.3, -0.25) is 9.52 Å². The summed E-state index contributed by atoms with van der Waals surface area (Å²) in [5.74, 6) is -0.540. The lowest BCUT2D eigenvalue weighted by Crippen LogP contribution is -2.20. The zero-order chi connectivity index (χ0) is 23.1. The molecule has 0 aliphatic heterocycles. The highest BCUT2D eigenvalue weighted by Gasteiger charge is 2.35. The fourth-order valence-corrected chi connectivity index (χ4v) is 4.69. The summed E-state index contributed by atoms with van der Waals surface area (Å²) in [7, 11) is -4.29. The standard InChI is InChI=1S/C21H25F3N2O3S/c1-12-9-15(20(4,5)6)10-13(2)19(12)30(28,29)26-18-8-7-16(25-14(3)27)11-17(18)21(22,23)24/h7-11,26H,1-6H3,(H,25,27). The molecule has 0 heterocycles. The third-order valence-corrected chi connectivity index (χ3v) is 6.15. The van der Waals surface area contributed by atoms with Gasteiger partial charge in [-0.25, -0.2) is 8.42 Å². The van der Waals surface area contributed by atoms with Crippen LogP contribution in [0.2, 0.25) is 0 Å². The van der Waals surface area contributed by atoms with Gasteiger partial charge < -0.3 is 5.32 Å². The zero-order valence-corrected chi connectivity index (χ0v) is 18.5. The highest BCUT2D eigenvalue weighted by Crippen LogP contribution is 2.38. The van der Waals surface area contributed by atoms with Crippen LogP contribution in [0, 0.1) is 13.8 Å². The molecule has 0 saturated carbocycles. The summed E-state index contributed by atoms with van der Waals surface area (Å²) in [4.78, 5) is 11.1. The van der Waals surface area contributed by atoms with Crippen molar-refractivity contribution >= 4 is 27.3 Å². The Morgan fingerprint density at radius 3 is 1.93 bits per heavy atom. The summed E-state index contributed by atoms with van der Waals surface area (Å²) >= 11 is 0. The van der Waals surface area contributed by atoms with Gasteiger partial charge >= 0.3 is 6.18 Å². The van der Waals surface area contributed by atoms with Gasteiger partial charge in [0.25, 0.3) is 10.0 Å². The predicted octanol–water partition coefficient (Wildman–Crippen LogP) is 5.38. The van der Waals surface area contributed by atoms with Crippen LogP contribution in [0.5, 0.6) is 0 Å². The van der Waals surface area contributed by atoms with Gasteiger partial charge in [0.05, 0.1) is 16.1 Å². The average Bonchev–Trinajstić information content (AvgIpc) is 2.52. The summed E-state index contributed by atoms with van der Waals surface area (Å²) < 4.78 is 68.7. The number of carbonyl (C=O) groups excluding carboxylic acids is 1. The van der Waals surface area contributed by atoms with E-state index in [1.807, 2.05) is 20.8 Å². The fourth-order valence-electron chi connectivity index (χ4n) is 3.15. The van der Waals surface area contributed by atoms with E-state index >= 15 is 0 Å². The highest BCUT2D eigenvalue weighted by molar-refractivity contribution is 7.92. The normalized spacial score (nSPS) is 12.6. The minimum Gasteiger partial charge on any atom is -0.326 e. The number of hydrogen-bond donors (Lipinski definition) is 2. The lowest BCUT2D eigenvalue weighted by Gasteiger charge is -2.23. The molecule has 0 aromatic heterocycles. The number of nitrogens with one attached hydrogen (secondary N) is 2. The van der Waals surface area contributed by atoms with Crippen molar-refractivity contribution in [1.82, 2.24) is 0 Å². The number of amides is 1. The molecule has 2 aromatic rings. The van der Waals surface area contributed by atoms with E-state index in [2.05, 4.69) is 10.0 Å². The van der Waals surface area contributed by atoms with E-state index in [1.54, 1.807) is 26.0 Å². The molecule has 30 heavy (non-hydrogen) atoms. The molecule has 2 rings (SSSR count). The Morgan fingerprint density at radius 1 is 0.967 bits per heavy atom. The number of rotatable bonds is 4. The fraction of sp³-hybridized carbons (Fsp3) is 0.381. The molecular weight excluding hydrogens is 417 g/mol. The maximum atomic E-state index is 13.5. The molecule has 0 radical (unpaired) electrons. The Balaban J connectivity index is 2.56. The van der Waals surface area contributed by atoms with E-state index in [0.717, 1.165) is 18.6 Å². The topological polar surface area (TPSA) is 75.3 Å². The van der Waals surface area contributed by atoms with Gasteiger partial charge in [0.2, 0.25) is 5.91 Å². The number of benzene rings is 2. The summed E-state index contributed by atoms with van der Waals surface area (Å²) in [6, 6.07) is 6.34. The zero-order valence-electron chi connectivity index (χ0n) is 17.7. The first kappa shape index (κ1) is 23.7. The van der Waals surface area contributed by atoms with Gasteiger partial charge in [-0.05, 0) is 54.2 Å². The molecule has 2 N–H and O–H groups in total. The Morgan fingerprint density at radius 2 is 1.50 bits per heavy atom. The van der Waals surface area contributed by atoms with Crippen LogP contribution >= 0.6 is 0 Å². The SMILES string of the molecule is CC(=O)Nc1ccc(NS(=O)(=O)c2c(C)cc(C(C)(C)C)cc2C)c(C(F)(F)F)c1. The molecule has 0 spiro atoms. The second-order valence-electron chi connectivity index (χ2n) is 8.23. The highest BCUT2D eigenvalue weighted by atomic mass is 32.2. The molecule has 1 amide bonds. The minimum atomic E-state index is -4.83. The van der Waals surface area contributed by atoms with Gasteiger partial charge in [0.1, 0.15) is 0 Å². The van der Waals surface area contributed by atoms with Crippen LogP contribution in [-0.2, 0) is 26.4 Å².